The molecule has 0 aliphatic heterocycles. The van der Waals surface area contributed by atoms with Crippen LogP contribution in [0.4, 0.5) is 4.39 Å². The number of benzene rings is 1. The summed E-state index contributed by atoms with van der Waals surface area (Å²) >= 11 is 0. The summed E-state index contributed by atoms with van der Waals surface area (Å²) in [7, 11) is 1.69. The Labute approximate surface area is 175 Å². The van der Waals surface area contributed by atoms with Crippen LogP contribution in [0.15, 0.2) is 58.2 Å². The summed E-state index contributed by atoms with van der Waals surface area (Å²) in [6, 6.07) is 9.55. The van der Waals surface area contributed by atoms with Crippen LogP contribution in [0.2, 0.25) is 0 Å². The summed E-state index contributed by atoms with van der Waals surface area (Å²) in [4.78, 5) is 12.8. The molecule has 0 amide bonds. The van der Waals surface area contributed by atoms with Gasteiger partial charge in [-0.1, -0.05) is 32.9 Å². The van der Waals surface area contributed by atoms with Gasteiger partial charge < -0.3 is 19.8 Å². The zero-order valence-corrected chi connectivity index (χ0v) is 17.6. The number of oxazole rings is 1. The van der Waals surface area contributed by atoms with Crippen LogP contribution >= 0.6 is 0 Å². The molecule has 0 aliphatic carbocycles. The minimum absolute atomic E-state index is 0.0806. The first-order valence-electron chi connectivity index (χ1n) is 9.61. The second-order valence-corrected chi connectivity index (χ2v) is 7.71. The Balaban J connectivity index is 1.49. The highest BCUT2D eigenvalue weighted by atomic mass is 19.1. The zero-order valence-electron chi connectivity index (χ0n) is 17.6. The summed E-state index contributed by atoms with van der Waals surface area (Å²) in [5.74, 6) is 2.50. The largest absolute Gasteiger partial charge is 0.443 e. The van der Waals surface area contributed by atoms with Crippen LogP contribution in [0.5, 0.6) is 11.6 Å². The van der Waals surface area contributed by atoms with Crippen molar-refractivity contribution in [1.29, 1.82) is 0 Å². The molecule has 0 aliphatic rings. The van der Waals surface area contributed by atoms with Gasteiger partial charge in [-0.15, -0.1) is 0 Å². The van der Waals surface area contributed by atoms with E-state index < -0.39 is 0 Å². The number of aliphatic imine (C=N–C) groups is 1. The number of pyridine rings is 1. The molecule has 7 nitrogen and oxygen atoms in total. The zero-order chi connectivity index (χ0) is 21.6. The molecule has 1 aromatic carbocycles. The fraction of sp³-hybridized carbons (Fsp3) is 0.318. The Kier molecular flexibility index (Phi) is 6.66. The van der Waals surface area contributed by atoms with Gasteiger partial charge in [-0.3, -0.25) is 4.99 Å². The molecule has 0 saturated heterocycles. The molecule has 8 heteroatoms. The van der Waals surface area contributed by atoms with E-state index in [1.807, 2.05) is 6.07 Å². The number of hydrogen-bond donors (Lipinski definition) is 2. The van der Waals surface area contributed by atoms with E-state index in [9.17, 15) is 4.39 Å². The number of nitrogens with one attached hydrogen (secondary N) is 2. The molecule has 0 unspecified atom stereocenters. The number of nitrogens with zero attached hydrogens (tertiary/aromatic N) is 3. The molecular formula is C22H26FN5O2. The third kappa shape index (κ3) is 6.04. The van der Waals surface area contributed by atoms with E-state index in [0.29, 0.717) is 36.6 Å². The smallest absolute Gasteiger partial charge is 0.219 e. The van der Waals surface area contributed by atoms with Crippen molar-refractivity contribution in [3.05, 3.63) is 71.8 Å². The Morgan fingerprint density at radius 1 is 1.10 bits per heavy atom. The minimum Gasteiger partial charge on any atom is -0.443 e. The van der Waals surface area contributed by atoms with E-state index in [0.717, 1.165) is 11.3 Å². The van der Waals surface area contributed by atoms with Gasteiger partial charge in [0, 0.05) is 37.3 Å². The van der Waals surface area contributed by atoms with Gasteiger partial charge in [0.1, 0.15) is 17.3 Å². The Morgan fingerprint density at radius 3 is 2.53 bits per heavy atom. The first kappa shape index (κ1) is 21.3. The van der Waals surface area contributed by atoms with Crippen molar-refractivity contribution in [2.24, 2.45) is 4.99 Å². The van der Waals surface area contributed by atoms with Gasteiger partial charge in [0.2, 0.25) is 11.8 Å². The van der Waals surface area contributed by atoms with Gasteiger partial charge in [0.15, 0.2) is 5.96 Å². The maximum absolute atomic E-state index is 13.2. The van der Waals surface area contributed by atoms with Gasteiger partial charge in [0.25, 0.3) is 0 Å². The van der Waals surface area contributed by atoms with Crippen LogP contribution in [-0.4, -0.2) is 23.0 Å². The molecule has 0 fully saturated rings. The SMILES string of the molecule is CN=C(NCc1ccc(Oc2cccc(F)c2)nc1)NCc1ncc(C(C)(C)C)o1. The molecule has 0 atom stereocenters. The predicted octanol–water partition coefficient (Wildman–Crippen LogP) is 4.16. The van der Waals surface area contributed by atoms with Gasteiger partial charge >= 0.3 is 0 Å². The highest BCUT2D eigenvalue weighted by molar-refractivity contribution is 5.79. The lowest BCUT2D eigenvalue weighted by molar-refractivity contribution is 0.379. The maximum Gasteiger partial charge on any atom is 0.219 e. The summed E-state index contributed by atoms with van der Waals surface area (Å²) in [5, 5.41) is 6.38. The fourth-order valence-electron chi connectivity index (χ4n) is 2.53. The number of ether oxygens (including phenoxy) is 1. The quantitative estimate of drug-likeness (QED) is 0.468. The third-order valence-corrected chi connectivity index (χ3v) is 4.20. The molecule has 0 saturated carbocycles. The average Bonchev–Trinajstić information content (AvgIpc) is 3.19. The third-order valence-electron chi connectivity index (χ3n) is 4.20. The summed E-state index contributed by atoms with van der Waals surface area (Å²) in [6.07, 6.45) is 3.45. The van der Waals surface area contributed by atoms with Crippen LogP contribution in [0, 0.1) is 5.82 Å². The lowest BCUT2D eigenvalue weighted by atomic mass is 9.94. The molecule has 0 spiro atoms. The van der Waals surface area contributed by atoms with Crippen LogP contribution < -0.4 is 15.4 Å². The number of guanidine groups is 1. The molecule has 2 aromatic heterocycles. The molecule has 2 N–H and O–H groups in total. The van der Waals surface area contributed by atoms with Crippen LogP contribution in [0.1, 0.15) is 38.0 Å². The highest BCUT2D eigenvalue weighted by Gasteiger charge is 2.19. The Bertz CT molecular complexity index is 993. The van der Waals surface area contributed by atoms with Gasteiger partial charge in [-0.25, -0.2) is 14.4 Å². The first-order valence-corrected chi connectivity index (χ1v) is 9.61. The van der Waals surface area contributed by atoms with E-state index in [-0.39, 0.29) is 11.2 Å². The van der Waals surface area contributed by atoms with E-state index >= 15 is 0 Å². The Hall–Kier alpha value is -3.42. The maximum atomic E-state index is 13.2. The van der Waals surface area contributed by atoms with Crippen molar-refractivity contribution in [2.75, 3.05) is 7.05 Å². The summed E-state index contributed by atoms with van der Waals surface area (Å²) < 4.78 is 24.6. The highest BCUT2D eigenvalue weighted by Crippen LogP contribution is 2.22. The van der Waals surface area contributed by atoms with Crippen molar-refractivity contribution in [2.45, 2.75) is 39.3 Å². The average molecular weight is 411 g/mol. The van der Waals surface area contributed by atoms with Crippen molar-refractivity contribution >= 4 is 5.96 Å². The second kappa shape index (κ2) is 9.39. The summed E-state index contributed by atoms with van der Waals surface area (Å²) in [5.41, 5.74) is 0.860. The van der Waals surface area contributed by atoms with Crippen LogP contribution in [0.3, 0.4) is 0 Å². The lowest BCUT2D eigenvalue weighted by Crippen LogP contribution is -2.36. The van der Waals surface area contributed by atoms with Gasteiger partial charge in [0.05, 0.1) is 12.7 Å². The fourth-order valence-corrected chi connectivity index (χ4v) is 2.53. The molecular weight excluding hydrogens is 385 g/mol. The van der Waals surface area contributed by atoms with Crippen LogP contribution in [-0.2, 0) is 18.5 Å². The monoisotopic (exact) mass is 411 g/mol. The standard InChI is InChI=1S/C22H26FN5O2/c1-22(2,3)18-13-26-20(30-18)14-28-21(24-4)27-12-15-8-9-19(25-11-15)29-17-7-5-6-16(23)10-17/h5-11,13H,12,14H2,1-4H3,(H2,24,27,28). The molecule has 0 radical (unpaired) electrons. The number of aromatic nitrogens is 2. The van der Waals surface area contributed by atoms with Crippen molar-refractivity contribution in [3.8, 4) is 11.6 Å². The second-order valence-electron chi connectivity index (χ2n) is 7.71. The molecule has 30 heavy (non-hydrogen) atoms. The Morgan fingerprint density at radius 2 is 1.90 bits per heavy atom. The summed E-state index contributed by atoms with van der Waals surface area (Å²) in [6.45, 7) is 7.18. The van der Waals surface area contributed by atoms with Crippen molar-refractivity contribution < 1.29 is 13.5 Å². The molecule has 158 valence electrons. The van der Waals surface area contributed by atoms with E-state index in [1.54, 1.807) is 37.6 Å². The van der Waals surface area contributed by atoms with E-state index in [4.69, 9.17) is 9.15 Å². The minimum atomic E-state index is -0.355. The van der Waals surface area contributed by atoms with Crippen molar-refractivity contribution in [1.82, 2.24) is 20.6 Å². The predicted molar refractivity (Wildman–Crippen MR) is 113 cm³/mol. The van der Waals surface area contributed by atoms with Gasteiger partial charge in [-0.2, -0.15) is 0 Å². The van der Waals surface area contributed by atoms with Crippen LogP contribution in [0.25, 0.3) is 0 Å². The normalized spacial score (nSPS) is 12.0. The van der Waals surface area contributed by atoms with E-state index in [2.05, 4.69) is 46.4 Å². The number of rotatable bonds is 6. The number of halogens is 1. The topological polar surface area (TPSA) is 84.6 Å². The van der Waals surface area contributed by atoms with Gasteiger partial charge in [-0.05, 0) is 17.7 Å². The van der Waals surface area contributed by atoms with Crippen molar-refractivity contribution in [3.63, 3.8) is 0 Å². The first-order chi connectivity index (χ1) is 14.3. The molecule has 3 aromatic rings. The molecule has 2 heterocycles. The molecule has 0 bridgehead atoms. The van der Waals surface area contributed by atoms with E-state index in [1.165, 1.54) is 12.1 Å². The number of hydrogen-bond acceptors (Lipinski definition) is 5. The molecule has 3 rings (SSSR count). The lowest BCUT2D eigenvalue weighted by Gasteiger charge is -2.13.